The van der Waals surface area contributed by atoms with Crippen molar-refractivity contribution >= 4 is 16.9 Å². The maximum absolute atomic E-state index is 10.7. The van der Waals surface area contributed by atoms with E-state index in [9.17, 15) is 4.79 Å². The van der Waals surface area contributed by atoms with Crippen LogP contribution in [0.4, 0.5) is 0 Å². The van der Waals surface area contributed by atoms with E-state index >= 15 is 0 Å². The van der Waals surface area contributed by atoms with Gasteiger partial charge < -0.3 is 5.73 Å². The van der Waals surface area contributed by atoms with E-state index in [2.05, 4.69) is 10.3 Å². The summed E-state index contributed by atoms with van der Waals surface area (Å²) < 4.78 is 1.50. The predicted molar refractivity (Wildman–Crippen MR) is 51.5 cm³/mol. The van der Waals surface area contributed by atoms with Crippen molar-refractivity contribution in [3.05, 3.63) is 23.8 Å². The Hall–Kier alpha value is -1.91. The third kappa shape index (κ3) is 1.44. The lowest BCUT2D eigenvalue weighted by Gasteiger charge is -1.97. The number of hydrogen-bond acceptors (Lipinski definition) is 3. The van der Waals surface area contributed by atoms with E-state index in [0.717, 1.165) is 16.6 Å². The fourth-order valence-corrected chi connectivity index (χ4v) is 1.35. The average Bonchev–Trinajstić information content (AvgIpc) is 2.47. The molecule has 0 aliphatic rings. The van der Waals surface area contributed by atoms with Crippen molar-refractivity contribution in [2.75, 3.05) is 0 Å². The molecule has 0 fully saturated rings. The van der Waals surface area contributed by atoms with Gasteiger partial charge in [-0.15, -0.1) is 5.10 Å². The fourth-order valence-electron chi connectivity index (χ4n) is 1.35. The van der Waals surface area contributed by atoms with Crippen LogP contribution < -0.4 is 5.73 Å². The second-order valence-electron chi connectivity index (χ2n) is 3.21. The first-order valence-electron chi connectivity index (χ1n) is 4.25. The summed E-state index contributed by atoms with van der Waals surface area (Å²) in [6, 6.07) is 5.75. The zero-order valence-electron chi connectivity index (χ0n) is 7.77. The van der Waals surface area contributed by atoms with Crippen LogP contribution >= 0.6 is 0 Å². The fraction of sp³-hybridized carbons (Fsp3) is 0.222. The van der Waals surface area contributed by atoms with Crippen molar-refractivity contribution < 1.29 is 4.79 Å². The number of nitrogens with zero attached hydrogens (tertiary/aromatic N) is 3. The molecule has 0 radical (unpaired) electrons. The smallest absolute Gasteiger partial charge is 0.239 e. The summed E-state index contributed by atoms with van der Waals surface area (Å²) in [6.07, 6.45) is 0. The van der Waals surface area contributed by atoms with E-state index in [1.807, 2.05) is 25.1 Å². The lowest BCUT2D eigenvalue weighted by atomic mass is 10.2. The number of carbonyl (C=O) groups excluding carboxylic acids is 1. The van der Waals surface area contributed by atoms with Crippen molar-refractivity contribution in [2.45, 2.75) is 13.5 Å². The quantitative estimate of drug-likeness (QED) is 0.736. The maximum atomic E-state index is 10.7. The van der Waals surface area contributed by atoms with Gasteiger partial charge in [0.1, 0.15) is 12.1 Å². The molecule has 1 heterocycles. The van der Waals surface area contributed by atoms with Gasteiger partial charge in [0.2, 0.25) is 5.91 Å². The third-order valence-corrected chi connectivity index (χ3v) is 1.98. The topological polar surface area (TPSA) is 73.8 Å². The van der Waals surface area contributed by atoms with Crippen LogP contribution in [-0.4, -0.2) is 20.9 Å². The number of hydrogen-bond donors (Lipinski definition) is 1. The summed E-state index contributed by atoms with van der Waals surface area (Å²) in [5.41, 5.74) is 7.80. The Labute approximate surface area is 80.5 Å². The normalized spacial score (nSPS) is 10.6. The molecule has 2 aromatic rings. The molecule has 0 bridgehead atoms. The molecule has 0 aliphatic heterocycles. The zero-order chi connectivity index (χ0) is 10.1. The van der Waals surface area contributed by atoms with Crippen LogP contribution in [0.3, 0.4) is 0 Å². The van der Waals surface area contributed by atoms with Gasteiger partial charge in [0.25, 0.3) is 0 Å². The first-order chi connectivity index (χ1) is 6.66. The van der Waals surface area contributed by atoms with Gasteiger partial charge in [-0.3, -0.25) is 4.79 Å². The first-order valence-corrected chi connectivity index (χ1v) is 4.25. The van der Waals surface area contributed by atoms with Gasteiger partial charge in [-0.05, 0) is 24.6 Å². The SMILES string of the molecule is Cc1ccc2c(c1)nnn2CC(N)=O. The minimum absolute atomic E-state index is 0.0690. The predicted octanol–water partition coefficient (Wildman–Crippen LogP) is 0.225. The molecule has 0 unspecified atom stereocenters. The largest absolute Gasteiger partial charge is 0.368 e. The van der Waals surface area contributed by atoms with E-state index in [1.54, 1.807) is 0 Å². The summed E-state index contributed by atoms with van der Waals surface area (Å²) in [7, 11) is 0. The molecule has 0 saturated heterocycles. The standard InChI is InChI=1S/C9H10N4O/c1-6-2-3-8-7(4-6)11-12-13(8)5-9(10)14/h2-4H,5H2,1H3,(H2,10,14). The lowest BCUT2D eigenvalue weighted by molar-refractivity contribution is -0.118. The Kier molecular flexibility index (Phi) is 1.92. The van der Waals surface area contributed by atoms with Crippen molar-refractivity contribution in [2.24, 2.45) is 5.73 Å². The molecule has 0 atom stereocenters. The number of rotatable bonds is 2. The molecule has 0 aliphatic carbocycles. The number of fused-ring (bicyclic) bond motifs is 1. The van der Waals surface area contributed by atoms with Gasteiger partial charge in [0.15, 0.2) is 0 Å². The zero-order valence-corrected chi connectivity index (χ0v) is 7.77. The molecule has 0 spiro atoms. The van der Waals surface area contributed by atoms with E-state index < -0.39 is 5.91 Å². The van der Waals surface area contributed by atoms with Gasteiger partial charge in [0.05, 0.1) is 5.52 Å². The molecular formula is C9H10N4O. The number of benzene rings is 1. The summed E-state index contributed by atoms with van der Waals surface area (Å²) >= 11 is 0. The van der Waals surface area contributed by atoms with Crippen LogP contribution in [0.5, 0.6) is 0 Å². The van der Waals surface area contributed by atoms with Gasteiger partial charge in [-0.25, -0.2) is 4.68 Å². The molecule has 1 amide bonds. The highest BCUT2D eigenvalue weighted by Crippen LogP contribution is 2.12. The summed E-state index contributed by atoms with van der Waals surface area (Å²) in [4.78, 5) is 10.7. The Balaban J connectivity index is 2.52. The molecule has 0 saturated carbocycles. The van der Waals surface area contributed by atoms with Gasteiger partial charge in [-0.1, -0.05) is 11.3 Å². The van der Waals surface area contributed by atoms with E-state index in [-0.39, 0.29) is 6.54 Å². The molecule has 14 heavy (non-hydrogen) atoms. The van der Waals surface area contributed by atoms with Crippen LogP contribution in [-0.2, 0) is 11.3 Å². The molecular weight excluding hydrogens is 180 g/mol. The molecule has 72 valence electrons. The van der Waals surface area contributed by atoms with Gasteiger partial charge in [-0.2, -0.15) is 0 Å². The van der Waals surface area contributed by atoms with E-state index in [1.165, 1.54) is 4.68 Å². The Bertz CT molecular complexity index is 489. The first kappa shape index (κ1) is 8.68. The van der Waals surface area contributed by atoms with Crippen molar-refractivity contribution in [3.8, 4) is 0 Å². The highest BCUT2D eigenvalue weighted by Gasteiger charge is 2.05. The number of aryl methyl sites for hydroxylation is 1. The number of aromatic nitrogens is 3. The van der Waals surface area contributed by atoms with Crippen molar-refractivity contribution in [1.29, 1.82) is 0 Å². The van der Waals surface area contributed by atoms with E-state index in [0.29, 0.717) is 0 Å². The Morgan fingerprint density at radius 1 is 1.57 bits per heavy atom. The molecule has 2 N–H and O–H groups in total. The number of carbonyl (C=O) groups is 1. The molecule has 1 aromatic heterocycles. The minimum atomic E-state index is -0.419. The number of amides is 1. The highest BCUT2D eigenvalue weighted by molar-refractivity contribution is 5.79. The number of primary amides is 1. The third-order valence-electron chi connectivity index (χ3n) is 1.98. The van der Waals surface area contributed by atoms with E-state index in [4.69, 9.17) is 5.73 Å². The van der Waals surface area contributed by atoms with Crippen LogP contribution in [0.2, 0.25) is 0 Å². The van der Waals surface area contributed by atoms with Crippen LogP contribution in [0.15, 0.2) is 18.2 Å². The van der Waals surface area contributed by atoms with Crippen LogP contribution in [0.25, 0.3) is 11.0 Å². The average molecular weight is 190 g/mol. The summed E-state index contributed by atoms with van der Waals surface area (Å²) in [6.45, 7) is 2.05. The Morgan fingerprint density at radius 2 is 2.36 bits per heavy atom. The molecule has 1 aromatic carbocycles. The Morgan fingerprint density at radius 3 is 3.07 bits per heavy atom. The summed E-state index contributed by atoms with van der Waals surface area (Å²) in [5, 5.41) is 7.78. The van der Waals surface area contributed by atoms with Gasteiger partial charge in [0, 0.05) is 0 Å². The monoisotopic (exact) mass is 190 g/mol. The highest BCUT2D eigenvalue weighted by atomic mass is 16.1. The second-order valence-corrected chi connectivity index (χ2v) is 3.21. The van der Waals surface area contributed by atoms with Crippen molar-refractivity contribution in [3.63, 3.8) is 0 Å². The van der Waals surface area contributed by atoms with Crippen LogP contribution in [0.1, 0.15) is 5.56 Å². The molecule has 5 nitrogen and oxygen atoms in total. The lowest BCUT2D eigenvalue weighted by Crippen LogP contribution is -2.19. The van der Waals surface area contributed by atoms with Crippen molar-refractivity contribution in [1.82, 2.24) is 15.0 Å². The maximum Gasteiger partial charge on any atom is 0.239 e. The molecule has 2 rings (SSSR count). The summed E-state index contributed by atoms with van der Waals surface area (Å²) in [5.74, 6) is -0.419. The van der Waals surface area contributed by atoms with Gasteiger partial charge >= 0.3 is 0 Å². The second kappa shape index (κ2) is 3.10. The minimum Gasteiger partial charge on any atom is -0.368 e. The number of nitrogens with two attached hydrogens (primary N) is 1. The molecule has 5 heteroatoms. The van der Waals surface area contributed by atoms with Crippen LogP contribution in [0, 0.1) is 6.92 Å².